The molecule has 0 amide bonds. The summed E-state index contributed by atoms with van der Waals surface area (Å²) in [4.78, 5) is 0. The number of benzene rings is 1. The molecule has 2 N–H and O–H groups in total. The summed E-state index contributed by atoms with van der Waals surface area (Å²) in [7, 11) is 0. The summed E-state index contributed by atoms with van der Waals surface area (Å²) in [5.41, 5.74) is 8.73. The predicted molar refractivity (Wildman–Crippen MR) is 89.4 cm³/mol. The van der Waals surface area contributed by atoms with Gasteiger partial charge in [-0.2, -0.15) is 9.78 Å². The van der Waals surface area contributed by atoms with E-state index in [9.17, 15) is 0 Å². The van der Waals surface area contributed by atoms with Gasteiger partial charge in [0.2, 0.25) is 5.16 Å². The van der Waals surface area contributed by atoms with Crippen LogP contribution >= 0.6 is 11.8 Å². The van der Waals surface area contributed by atoms with Gasteiger partial charge in [-0.1, -0.05) is 43.2 Å². The first-order valence-corrected chi connectivity index (χ1v) is 8.82. The minimum Gasteiger partial charge on any atom is -0.399 e. The van der Waals surface area contributed by atoms with E-state index < -0.39 is 0 Å². The van der Waals surface area contributed by atoms with Gasteiger partial charge in [-0.25, -0.2) is 0 Å². The molecule has 4 rings (SSSR count). The van der Waals surface area contributed by atoms with Gasteiger partial charge in [0.1, 0.15) is 0 Å². The second-order valence-corrected chi connectivity index (χ2v) is 6.89. The smallest absolute Gasteiger partial charge is 0.212 e. The zero-order valence-electron chi connectivity index (χ0n) is 12.4. The molecule has 1 aromatic carbocycles. The van der Waals surface area contributed by atoms with Crippen molar-refractivity contribution in [3.63, 3.8) is 0 Å². The van der Waals surface area contributed by atoms with E-state index in [4.69, 9.17) is 10.8 Å². The Kier molecular flexibility index (Phi) is 3.62. The topological polar surface area (TPSA) is 69.1 Å². The number of anilines is 1. The van der Waals surface area contributed by atoms with Crippen LogP contribution in [0.5, 0.6) is 0 Å². The lowest BCUT2D eigenvalue weighted by molar-refractivity contribution is 0.417. The van der Waals surface area contributed by atoms with Crippen LogP contribution in [0, 0.1) is 0 Å². The van der Waals surface area contributed by atoms with Crippen LogP contribution in [0.25, 0.3) is 0 Å². The van der Waals surface area contributed by atoms with Crippen molar-refractivity contribution in [1.82, 2.24) is 14.9 Å². The van der Waals surface area contributed by atoms with Crippen molar-refractivity contribution in [2.24, 2.45) is 5.10 Å². The zero-order valence-corrected chi connectivity index (χ0v) is 13.2. The first kappa shape index (κ1) is 13.8. The second kappa shape index (κ2) is 5.76. The average molecular weight is 313 g/mol. The molecule has 0 unspecified atom stereocenters. The van der Waals surface area contributed by atoms with Crippen LogP contribution in [0.2, 0.25) is 0 Å². The fourth-order valence-corrected chi connectivity index (χ4v) is 4.02. The summed E-state index contributed by atoms with van der Waals surface area (Å²) in [6, 6.07) is 7.91. The Hall–Kier alpha value is -1.82. The minimum atomic E-state index is 0.505. The first-order chi connectivity index (χ1) is 10.8. The second-order valence-electron chi connectivity index (χ2n) is 5.94. The highest BCUT2D eigenvalue weighted by molar-refractivity contribution is 7.99. The lowest BCUT2D eigenvalue weighted by Crippen LogP contribution is -2.17. The molecule has 1 aromatic heterocycles. The molecule has 114 valence electrons. The van der Waals surface area contributed by atoms with Gasteiger partial charge in [0.25, 0.3) is 0 Å². The summed E-state index contributed by atoms with van der Waals surface area (Å²) < 4.78 is 1.97. The number of nitrogen functional groups attached to an aromatic ring is 1. The SMILES string of the molecule is Nc1ccc(C2=Nn3c(nnc3C3CCCCC3)SC2)cc1. The quantitative estimate of drug-likeness (QED) is 0.864. The van der Waals surface area contributed by atoms with Gasteiger partial charge < -0.3 is 5.73 Å². The van der Waals surface area contributed by atoms with Crippen LogP contribution in [0.15, 0.2) is 34.5 Å². The molecule has 0 radical (unpaired) electrons. The van der Waals surface area contributed by atoms with E-state index in [0.717, 1.165) is 33.7 Å². The third-order valence-corrected chi connectivity index (χ3v) is 5.34. The van der Waals surface area contributed by atoms with Crippen LogP contribution in [0.4, 0.5) is 5.69 Å². The van der Waals surface area contributed by atoms with Crippen LogP contribution in [-0.2, 0) is 0 Å². The highest BCUT2D eigenvalue weighted by Crippen LogP contribution is 2.34. The van der Waals surface area contributed by atoms with E-state index in [1.165, 1.54) is 32.1 Å². The summed E-state index contributed by atoms with van der Waals surface area (Å²) in [6.45, 7) is 0. The van der Waals surface area contributed by atoms with Gasteiger partial charge in [0.05, 0.1) is 5.71 Å². The van der Waals surface area contributed by atoms with Crippen molar-refractivity contribution in [2.45, 2.75) is 43.2 Å². The van der Waals surface area contributed by atoms with E-state index in [1.54, 1.807) is 11.8 Å². The van der Waals surface area contributed by atoms with Crippen LogP contribution in [0.1, 0.15) is 49.4 Å². The predicted octanol–water partition coefficient (Wildman–Crippen LogP) is 3.27. The molecular formula is C16H19N5S. The van der Waals surface area contributed by atoms with E-state index >= 15 is 0 Å². The monoisotopic (exact) mass is 313 g/mol. The third-order valence-electron chi connectivity index (χ3n) is 4.41. The van der Waals surface area contributed by atoms with Crippen molar-refractivity contribution in [2.75, 3.05) is 11.5 Å². The molecule has 2 aliphatic rings. The van der Waals surface area contributed by atoms with Gasteiger partial charge in [0.15, 0.2) is 5.82 Å². The number of nitrogens with two attached hydrogens (primary N) is 1. The van der Waals surface area contributed by atoms with E-state index in [2.05, 4.69) is 10.2 Å². The Morgan fingerprint density at radius 2 is 1.82 bits per heavy atom. The van der Waals surface area contributed by atoms with Crippen molar-refractivity contribution >= 4 is 23.2 Å². The van der Waals surface area contributed by atoms with Crippen LogP contribution in [0.3, 0.4) is 0 Å². The van der Waals surface area contributed by atoms with Gasteiger partial charge >= 0.3 is 0 Å². The lowest BCUT2D eigenvalue weighted by Gasteiger charge is -2.21. The number of fused-ring (bicyclic) bond motifs is 1. The first-order valence-electron chi connectivity index (χ1n) is 7.83. The molecular weight excluding hydrogens is 294 g/mol. The van der Waals surface area contributed by atoms with Gasteiger partial charge in [-0.3, -0.25) is 0 Å². The summed E-state index contributed by atoms with van der Waals surface area (Å²) in [6.07, 6.45) is 6.32. The molecule has 1 aliphatic carbocycles. The highest BCUT2D eigenvalue weighted by atomic mass is 32.2. The van der Waals surface area contributed by atoms with Crippen molar-refractivity contribution in [3.05, 3.63) is 35.7 Å². The van der Waals surface area contributed by atoms with Crippen molar-refractivity contribution < 1.29 is 0 Å². The lowest BCUT2D eigenvalue weighted by atomic mass is 9.89. The average Bonchev–Trinajstić information content (AvgIpc) is 2.99. The third kappa shape index (κ3) is 2.52. The maximum absolute atomic E-state index is 5.77. The number of hydrogen-bond donors (Lipinski definition) is 1. The van der Waals surface area contributed by atoms with Gasteiger partial charge in [-0.15, -0.1) is 10.2 Å². The molecule has 1 fully saturated rings. The number of hydrogen-bond acceptors (Lipinski definition) is 5. The molecule has 5 nitrogen and oxygen atoms in total. The molecule has 0 saturated heterocycles. The molecule has 1 saturated carbocycles. The fraction of sp³-hybridized carbons (Fsp3) is 0.438. The molecule has 2 aromatic rings. The van der Waals surface area contributed by atoms with Crippen LogP contribution in [-0.4, -0.2) is 26.3 Å². The van der Waals surface area contributed by atoms with E-state index in [1.807, 2.05) is 28.9 Å². The number of nitrogens with zero attached hydrogens (tertiary/aromatic N) is 4. The Bertz CT molecular complexity index is 698. The number of rotatable bonds is 2. The normalized spacial score (nSPS) is 18.8. The van der Waals surface area contributed by atoms with Gasteiger partial charge in [-0.05, 0) is 30.5 Å². The molecule has 2 heterocycles. The summed E-state index contributed by atoms with van der Waals surface area (Å²) in [5, 5.41) is 14.5. The Labute approximate surface area is 134 Å². The summed E-state index contributed by atoms with van der Waals surface area (Å²) in [5.74, 6) is 2.37. The molecule has 6 heteroatoms. The summed E-state index contributed by atoms with van der Waals surface area (Å²) >= 11 is 1.71. The van der Waals surface area contributed by atoms with E-state index in [0.29, 0.717) is 5.92 Å². The highest BCUT2D eigenvalue weighted by Gasteiger charge is 2.26. The van der Waals surface area contributed by atoms with E-state index in [-0.39, 0.29) is 0 Å². The van der Waals surface area contributed by atoms with Crippen molar-refractivity contribution in [1.29, 1.82) is 0 Å². The molecule has 0 atom stereocenters. The van der Waals surface area contributed by atoms with Gasteiger partial charge in [0, 0.05) is 17.4 Å². The standard InChI is InChI=1S/C16H19N5S/c17-13-8-6-11(7-9-13)14-10-22-16-19-18-15(21(16)20-14)12-4-2-1-3-5-12/h6-9,12H,1-5,10,17H2. The maximum Gasteiger partial charge on any atom is 0.212 e. The Balaban J connectivity index is 1.69. The Morgan fingerprint density at radius 1 is 1.05 bits per heavy atom. The molecule has 1 aliphatic heterocycles. The number of thioether (sulfide) groups is 1. The molecule has 22 heavy (non-hydrogen) atoms. The van der Waals surface area contributed by atoms with Crippen LogP contribution < -0.4 is 5.73 Å². The van der Waals surface area contributed by atoms with Crippen molar-refractivity contribution in [3.8, 4) is 0 Å². The fourth-order valence-electron chi connectivity index (χ4n) is 3.18. The zero-order chi connectivity index (χ0) is 14.9. The number of aromatic nitrogens is 3. The maximum atomic E-state index is 5.77. The molecule has 0 spiro atoms. The molecule has 0 bridgehead atoms. The Morgan fingerprint density at radius 3 is 2.59 bits per heavy atom. The largest absolute Gasteiger partial charge is 0.399 e. The minimum absolute atomic E-state index is 0.505.